The lowest BCUT2D eigenvalue weighted by Gasteiger charge is -2.24. The zero-order valence-corrected chi connectivity index (χ0v) is 14.0. The van der Waals surface area contributed by atoms with Crippen LogP contribution in [0.5, 0.6) is 0 Å². The largest absolute Gasteiger partial charge is 0.370 e. The SMILES string of the molecule is CCNc1cc(NC(C)CN(CC)CC)nc(SC)n1. The third-order valence-electron chi connectivity index (χ3n) is 3.07. The molecule has 5 nitrogen and oxygen atoms in total. The summed E-state index contributed by atoms with van der Waals surface area (Å²) in [7, 11) is 0. The molecule has 0 fully saturated rings. The molecule has 6 heteroatoms. The van der Waals surface area contributed by atoms with Crippen LogP contribution in [0.25, 0.3) is 0 Å². The van der Waals surface area contributed by atoms with Crippen molar-refractivity contribution in [3.8, 4) is 0 Å². The molecule has 1 aromatic rings. The highest BCUT2D eigenvalue weighted by atomic mass is 32.2. The molecule has 0 saturated heterocycles. The van der Waals surface area contributed by atoms with Gasteiger partial charge in [0.25, 0.3) is 0 Å². The van der Waals surface area contributed by atoms with Gasteiger partial charge in [-0.3, -0.25) is 0 Å². The Balaban J connectivity index is 2.72. The third kappa shape index (κ3) is 5.54. The fourth-order valence-electron chi connectivity index (χ4n) is 2.03. The minimum Gasteiger partial charge on any atom is -0.370 e. The minimum atomic E-state index is 0.356. The number of nitrogens with zero attached hydrogens (tertiary/aromatic N) is 3. The Morgan fingerprint density at radius 2 is 1.85 bits per heavy atom. The van der Waals surface area contributed by atoms with Crippen LogP contribution in [0.3, 0.4) is 0 Å². The van der Waals surface area contributed by atoms with Gasteiger partial charge in [0.1, 0.15) is 11.6 Å². The second-order valence-corrected chi connectivity index (χ2v) is 5.46. The van der Waals surface area contributed by atoms with Gasteiger partial charge in [0.2, 0.25) is 0 Å². The van der Waals surface area contributed by atoms with E-state index in [0.717, 1.165) is 43.0 Å². The Morgan fingerprint density at radius 1 is 1.20 bits per heavy atom. The predicted octanol–water partition coefficient (Wildman–Crippen LogP) is 2.77. The molecule has 1 atom stereocenters. The zero-order valence-electron chi connectivity index (χ0n) is 13.2. The van der Waals surface area contributed by atoms with Crippen LogP contribution in [0.4, 0.5) is 11.6 Å². The molecule has 1 unspecified atom stereocenters. The Labute approximate surface area is 127 Å². The first-order valence-corrected chi connectivity index (χ1v) is 8.51. The van der Waals surface area contributed by atoms with Gasteiger partial charge >= 0.3 is 0 Å². The van der Waals surface area contributed by atoms with Crippen LogP contribution in [0, 0.1) is 0 Å². The lowest BCUT2D eigenvalue weighted by molar-refractivity contribution is 0.294. The van der Waals surface area contributed by atoms with E-state index in [2.05, 4.69) is 53.2 Å². The maximum atomic E-state index is 4.52. The van der Waals surface area contributed by atoms with Gasteiger partial charge in [-0.05, 0) is 33.2 Å². The van der Waals surface area contributed by atoms with Crippen LogP contribution in [0.1, 0.15) is 27.7 Å². The molecule has 1 rings (SSSR count). The molecular formula is C14H27N5S. The number of hydrogen-bond acceptors (Lipinski definition) is 6. The van der Waals surface area contributed by atoms with Crippen molar-refractivity contribution in [2.45, 2.75) is 38.9 Å². The molecule has 2 N–H and O–H groups in total. The summed E-state index contributed by atoms with van der Waals surface area (Å²) in [6, 6.07) is 2.33. The van der Waals surface area contributed by atoms with Crippen molar-refractivity contribution in [2.75, 3.05) is 43.1 Å². The molecule has 0 radical (unpaired) electrons. The van der Waals surface area contributed by atoms with Crippen LogP contribution in [-0.4, -0.2) is 53.3 Å². The maximum Gasteiger partial charge on any atom is 0.191 e. The maximum absolute atomic E-state index is 4.52. The Hall–Kier alpha value is -1.01. The molecule has 0 aromatic carbocycles. The number of likely N-dealkylation sites (N-methyl/N-ethyl adjacent to an activating group) is 1. The Morgan fingerprint density at radius 3 is 2.40 bits per heavy atom. The molecule has 114 valence electrons. The highest BCUT2D eigenvalue weighted by Crippen LogP contribution is 2.17. The molecule has 0 aliphatic heterocycles. The van der Waals surface area contributed by atoms with E-state index in [-0.39, 0.29) is 0 Å². The topological polar surface area (TPSA) is 53.1 Å². The summed E-state index contributed by atoms with van der Waals surface area (Å²) in [5.41, 5.74) is 0. The first-order valence-electron chi connectivity index (χ1n) is 7.28. The molecule has 20 heavy (non-hydrogen) atoms. The molecule has 0 bridgehead atoms. The van der Waals surface area contributed by atoms with Gasteiger partial charge in [-0.25, -0.2) is 9.97 Å². The predicted molar refractivity (Wildman–Crippen MR) is 88.8 cm³/mol. The molecule has 1 aromatic heterocycles. The lowest BCUT2D eigenvalue weighted by atomic mass is 10.3. The van der Waals surface area contributed by atoms with E-state index in [9.17, 15) is 0 Å². The van der Waals surface area contributed by atoms with Crippen molar-refractivity contribution in [2.24, 2.45) is 0 Å². The van der Waals surface area contributed by atoms with E-state index in [1.807, 2.05) is 12.3 Å². The molecule has 0 spiro atoms. The minimum absolute atomic E-state index is 0.356. The lowest BCUT2D eigenvalue weighted by Crippen LogP contribution is -2.35. The first kappa shape index (κ1) is 17.0. The summed E-state index contributed by atoms with van der Waals surface area (Å²) in [5.74, 6) is 1.77. The first-order chi connectivity index (χ1) is 9.62. The van der Waals surface area contributed by atoms with Gasteiger partial charge in [0.15, 0.2) is 5.16 Å². The molecule has 0 aliphatic rings. The van der Waals surface area contributed by atoms with Gasteiger partial charge in [-0.2, -0.15) is 0 Å². The summed E-state index contributed by atoms with van der Waals surface area (Å²) < 4.78 is 0. The number of nitrogens with one attached hydrogen (secondary N) is 2. The van der Waals surface area contributed by atoms with Crippen molar-refractivity contribution in [1.29, 1.82) is 0 Å². The van der Waals surface area contributed by atoms with Crippen molar-refractivity contribution in [3.05, 3.63) is 6.07 Å². The number of hydrogen-bond donors (Lipinski definition) is 2. The van der Waals surface area contributed by atoms with Gasteiger partial charge in [0.05, 0.1) is 0 Å². The van der Waals surface area contributed by atoms with E-state index in [1.165, 1.54) is 0 Å². The number of thioether (sulfide) groups is 1. The van der Waals surface area contributed by atoms with Crippen molar-refractivity contribution >= 4 is 23.4 Å². The summed E-state index contributed by atoms with van der Waals surface area (Å²) >= 11 is 1.56. The van der Waals surface area contributed by atoms with Gasteiger partial charge < -0.3 is 15.5 Å². The molecule has 1 heterocycles. The molecule has 0 saturated carbocycles. The van der Waals surface area contributed by atoms with Crippen LogP contribution >= 0.6 is 11.8 Å². The van der Waals surface area contributed by atoms with Crippen molar-refractivity contribution < 1.29 is 0 Å². The fraction of sp³-hybridized carbons (Fsp3) is 0.714. The quantitative estimate of drug-likeness (QED) is 0.540. The third-order valence-corrected chi connectivity index (χ3v) is 3.61. The summed E-state index contributed by atoms with van der Waals surface area (Å²) in [5, 5.41) is 7.51. The van der Waals surface area contributed by atoms with Gasteiger partial charge in [0, 0.05) is 25.2 Å². The van der Waals surface area contributed by atoms with E-state index in [0.29, 0.717) is 6.04 Å². The van der Waals surface area contributed by atoms with Crippen LogP contribution in [-0.2, 0) is 0 Å². The van der Waals surface area contributed by atoms with E-state index in [4.69, 9.17) is 0 Å². The number of rotatable bonds is 9. The van der Waals surface area contributed by atoms with E-state index < -0.39 is 0 Å². The highest BCUT2D eigenvalue weighted by Gasteiger charge is 2.09. The van der Waals surface area contributed by atoms with Crippen LogP contribution in [0.2, 0.25) is 0 Å². The van der Waals surface area contributed by atoms with Crippen LogP contribution in [0.15, 0.2) is 11.2 Å². The monoisotopic (exact) mass is 297 g/mol. The second kappa shape index (κ2) is 9.02. The second-order valence-electron chi connectivity index (χ2n) is 4.69. The summed E-state index contributed by atoms with van der Waals surface area (Å²) in [6.45, 7) is 12.7. The normalized spacial score (nSPS) is 12.5. The Kier molecular flexibility index (Phi) is 7.69. The van der Waals surface area contributed by atoms with Gasteiger partial charge in [-0.15, -0.1) is 0 Å². The smallest absolute Gasteiger partial charge is 0.191 e. The highest BCUT2D eigenvalue weighted by molar-refractivity contribution is 7.98. The standard InChI is InChI=1S/C14H27N5S/c1-6-15-12-9-13(18-14(17-12)20-5)16-11(4)10-19(7-2)8-3/h9,11H,6-8,10H2,1-5H3,(H2,15,16,17,18). The summed E-state index contributed by atoms with van der Waals surface area (Å²) in [6.07, 6.45) is 1.99. The summed E-state index contributed by atoms with van der Waals surface area (Å²) in [4.78, 5) is 11.4. The van der Waals surface area contributed by atoms with Crippen molar-refractivity contribution in [1.82, 2.24) is 14.9 Å². The average molecular weight is 297 g/mol. The van der Waals surface area contributed by atoms with Crippen molar-refractivity contribution in [3.63, 3.8) is 0 Å². The molecule has 0 aliphatic carbocycles. The van der Waals surface area contributed by atoms with Crippen LogP contribution < -0.4 is 10.6 Å². The number of aromatic nitrogens is 2. The zero-order chi connectivity index (χ0) is 15.0. The number of anilines is 2. The van der Waals surface area contributed by atoms with E-state index in [1.54, 1.807) is 11.8 Å². The molecular weight excluding hydrogens is 270 g/mol. The van der Waals surface area contributed by atoms with E-state index >= 15 is 0 Å². The molecule has 0 amide bonds. The fourth-order valence-corrected chi connectivity index (χ4v) is 2.41. The Bertz CT molecular complexity index is 395. The van der Waals surface area contributed by atoms with Gasteiger partial charge in [-0.1, -0.05) is 25.6 Å². The average Bonchev–Trinajstić information content (AvgIpc) is 2.44.